The number of rotatable bonds is 7. The van der Waals surface area contributed by atoms with E-state index in [4.69, 9.17) is 9.47 Å². The van der Waals surface area contributed by atoms with E-state index >= 15 is 0 Å². The van der Waals surface area contributed by atoms with Gasteiger partial charge in [-0.25, -0.2) is 4.79 Å². The van der Waals surface area contributed by atoms with E-state index in [0.29, 0.717) is 23.9 Å². The van der Waals surface area contributed by atoms with Gasteiger partial charge in [0, 0.05) is 12.1 Å². The number of nitrogens with zero attached hydrogens (tertiary/aromatic N) is 1. The zero-order chi connectivity index (χ0) is 16.7. The first-order chi connectivity index (χ1) is 11.1. The highest BCUT2D eigenvalue weighted by Gasteiger charge is 2.12. The van der Waals surface area contributed by atoms with E-state index in [0.717, 1.165) is 12.0 Å². The van der Waals surface area contributed by atoms with E-state index in [9.17, 15) is 4.79 Å². The number of benzene rings is 1. The van der Waals surface area contributed by atoms with Gasteiger partial charge in [-0.2, -0.15) is 4.98 Å². The van der Waals surface area contributed by atoms with Gasteiger partial charge in [0.05, 0.1) is 12.7 Å². The number of methoxy groups -OCH3 is 1. The van der Waals surface area contributed by atoms with Crippen molar-refractivity contribution in [3.63, 3.8) is 0 Å². The van der Waals surface area contributed by atoms with Gasteiger partial charge in [-0.3, -0.25) is 0 Å². The minimum atomic E-state index is -0.413. The van der Waals surface area contributed by atoms with Gasteiger partial charge in [-0.15, -0.1) is 0 Å². The molecular formula is C18H22N2O3. The monoisotopic (exact) mass is 314 g/mol. The third kappa shape index (κ3) is 4.98. The summed E-state index contributed by atoms with van der Waals surface area (Å²) in [6.45, 7) is 4.52. The Hall–Kier alpha value is -2.56. The highest BCUT2D eigenvalue weighted by atomic mass is 16.5. The number of ether oxygens (including phenoxy) is 2. The Morgan fingerprint density at radius 1 is 1.26 bits per heavy atom. The SMILES string of the molecule is CCC(C)Nc1cc(C(=O)OC)cc(OCc2ccccc2)n1. The Morgan fingerprint density at radius 2 is 2.00 bits per heavy atom. The van der Waals surface area contributed by atoms with Gasteiger partial charge in [-0.05, 0) is 25.0 Å². The molecular weight excluding hydrogens is 292 g/mol. The first-order valence-corrected chi connectivity index (χ1v) is 7.66. The van der Waals surface area contributed by atoms with E-state index in [-0.39, 0.29) is 6.04 Å². The summed E-state index contributed by atoms with van der Waals surface area (Å²) in [5, 5.41) is 3.25. The third-order valence-electron chi connectivity index (χ3n) is 3.46. The lowest BCUT2D eigenvalue weighted by atomic mass is 10.2. The van der Waals surface area contributed by atoms with Crippen LogP contribution in [-0.4, -0.2) is 24.1 Å². The molecule has 2 rings (SSSR count). The van der Waals surface area contributed by atoms with Crippen molar-refractivity contribution < 1.29 is 14.3 Å². The molecule has 0 saturated heterocycles. The molecule has 0 radical (unpaired) electrons. The van der Waals surface area contributed by atoms with Crippen LogP contribution in [0.4, 0.5) is 5.82 Å². The molecule has 0 saturated carbocycles. The van der Waals surface area contributed by atoms with Crippen LogP contribution in [0.1, 0.15) is 36.2 Å². The van der Waals surface area contributed by atoms with Crippen molar-refractivity contribution in [3.05, 3.63) is 53.6 Å². The van der Waals surface area contributed by atoms with Gasteiger partial charge in [0.2, 0.25) is 5.88 Å². The second-order valence-corrected chi connectivity index (χ2v) is 5.30. The quantitative estimate of drug-likeness (QED) is 0.790. The number of aromatic nitrogens is 1. The Morgan fingerprint density at radius 3 is 2.65 bits per heavy atom. The van der Waals surface area contributed by atoms with Crippen molar-refractivity contribution in [1.82, 2.24) is 4.98 Å². The van der Waals surface area contributed by atoms with Gasteiger partial charge in [0.15, 0.2) is 0 Å². The average Bonchev–Trinajstić information content (AvgIpc) is 2.59. The van der Waals surface area contributed by atoms with E-state index in [1.54, 1.807) is 12.1 Å². The second-order valence-electron chi connectivity index (χ2n) is 5.30. The van der Waals surface area contributed by atoms with Crippen LogP contribution in [0.3, 0.4) is 0 Å². The maximum atomic E-state index is 11.8. The van der Waals surface area contributed by atoms with Crippen molar-refractivity contribution in [2.75, 3.05) is 12.4 Å². The molecule has 1 unspecified atom stereocenters. The van der Waals surface area contributed by atoms with E-state index < -0.39 is 5.97 Å². The molecule has 23 heavy (non-hydrogen) atoms. The molecule has 1 aromatic carbocycles. The standard InChI is InChI=1S/C18H22N2O3/c1-4-13(2)19-16-10-15(18(21)22-3)11-17(20-16)23-12-14-8-6-5-7-9-14/h5-11,13H,4,12H2,1-3H3,(H,19,20). The normalized spacial score (nSPS) is 11.6. The van der Waals surface area contributed by atoms with Crippen LogP contribution in [0.5, 0.6) is 5.88 Å². The Bertz CT molecular complexity index is 644. The lowest BCUT2D eigenvalue weighted by molar-refractivity contribution is 0.0600. The van der Waals surface area contributed by atoms with Crippen LogP contribution in [0.15, 0.2) is 42.5 Å². The third-order valence-corrected chi connectivity index (χ3v) is 3.46. The van der Waals surface area contributed by atoms with Crippen LogP contribution in [0.25, 0.3) is 0 Å². The minimum Gasteiger partial charge on any atom is -0.473 e. The van der Waals surface area contributed by atoms with Gasteiger partial charge in [0.1, 0.15) is 12.4 Å². The fourth-order valence-corrected chi connectivity index (χ4v) is 1.97. The lowest BCUT2D eigenvalue weighted by Crippen LogP contribution is -2.15. The molecule has 1 aromatic heterocycles. The van der Waals surface area contributed by atoms with E-state index in [1.165, 1.54) is 7.11 Å². The molecule has 0 amide bonds. The highest BCUT2D eigenvalue weighted by Crippen LogP contribution is 2.19. The number of hydrogen-bond donors (Lipinski definition) is 1. The number of anilines is 1. The summed E-state index contributed by atoms with van der Waals surface area (Å²) < 4.78 is 10.5. The molecule has 5 heteroatoms. The van der Waals surface area contributed by atoms with E-state index in [2.05, 4.69) is 24.1 Å². The maximum absolute atomic E-state index is 11.8. The van der Waals surface area contributed by atoms with Crippen molar-refractivity contribution in [2.45, 2.75) is 32.9 Å². The summed E-state index contributed by atoms with van der Waals surface area (Å²) in [6.07, 6.45) is 0.949. The molecule has 122 valence electrons. The molecule has 1 heterocycles. The smallest absolute Gasteiger partial charge is 0.338 e. The number of carbonyl (C=O) groups is 1. The molecule has 0 aliphatic rings. The zero-order valence-electron chi connectivity index (χ0n) is 13.7. The Kier molecular flexibility index (Phi) is 5.97. The zero-order valence-corrected chi connectivity index (χ0v) is 13.7. The van der Waals surface area contributed by atoms with Gasteiger partial charge >= 0.3 is 5.97 Å². The van der Waals surface area contributed by atoms with Gasteiger partial charge < -0.3 is 14.8 Å². The molecule has 1 atom stereocenters. The molecule has 0 aliphatic carbocycles. The number of nitrogens with one attached hydrogen (secondary N) is 1. The van der Waals surface area contributed by atoms with E-state index in [1.807, 2.05) is 30.3 Å². The lowest BCUT2D eigenvalue weighted by Gasteiger charge is -2.14. The maximum Gasteiger partial charge on any atom is 0.338 e. The van der Waals surface area contributed by atoms with Gasteiger partial charge in [0.25, 0.3) is 0 Å². The molecule has 2 aromatic rings. The Balaban J connectivity index is 2.19. The van der Waals surface area contributed by atoms with Crippen LogP contribution in [0, 0.1) is 0 Å². The van der Waals surface area contributed by atoms with Crippen LogP contribution >= 0.6 is 0 Å². The van der Waals surface area contributed by atoms with Gasteiger partial charge in [-0.1, -0.05) is 37.3 Å². The van der Waals surface area contributed by atoms with Crippen molar-refractivity contribution in [3.8, 4) is 5.88 Å². The fourth-order valence-electron chi connectivity index (χ4n) is 1.97. The first-order valence-electron chi connectivity index (χ1n) is 7.66. The first kappa shape index (κ1) is 16.8. The summed E-state index contributed by atoms with van der Waals surface area (Å²) >= 11 is 0. The fraction of sp³-hybridized carbons (Fsp3) is 0.333. The molecule has 0 bridgehead atoms. The van der Waals surface area contributed by atoms with Crippen molar-refractivity contribution in [2.24, 2.45) is 0 Å². The largest absolute Gasteiger partial charge is 0.473 e. The predicted molar refractivity (Wildman–Crippen MR) is 89.7 cm³/mol. The summed E-state index contributed by atoms with van der Waals surface area (Å²) in [4.78, 5) is 16.2. The molecule has 5 nitrogen and oxygen atoms in total. The van der Waals surface area contributed by atoms with Crippen LogP contribution in [-0.2, 0) is 11.3 Å². The van der Waals surface area contributed by atoms with Crippen molar-refractivity contribution in [1.29, 1.82) is 0 Å². The number of pyridine rings is 1. The number of esters is 1. The van der Waals surface area contributed by atoms with Crippen molar-refractivity contribution >= 4 is 11.8 Å². The number of hydrogen-bond acceptors (Lipinski definition) is 5. The summed E-state index contributed by atoms with van der Waals surface area (Å²) in [7, 11) is 1.36. The topological polar surface area (TPSA) is 60.5 Å². The molecule has 0 aliphatic heterocycles. The highest BCUT2D eigenvalue weighted by molar-refractivity contribution is 5.90. The average molecular weight is 314 g/mol. The molecule has 0 fully saturated rings. The minimum absolute atomic E-state index is 0.248. The summed E-state index contributed by atoms with van der Waals surface area (Å²) in [5.41, 5.74) is 1.45. The molecule has 0 spiro atoms. The summed E-state index contributed by atoms with van der Waals surface area (Å²) in [5.74, 6) is 0.581. The Labute approximate surface area is 136 Å². The predicted octanol–water partition coefficient (Wildman–Crippen LogP) is 3.66. The number of carbonyl (C=O) groups excluding carboxylic acids is 1. The molecule has 1 N–H and O–H groups in total. The van der Waals surface area contributed by atoms with Crippen LogP contribution < -0.4 is 10.1 Å². The summed E-state index contributed by atoms with van der Waals surface area (Å²) in [6, 6.07) is 13.3. The second kappa shape index (κ2) is 8.17. The van der Waals surface area contributed by atoms with Crippen LogP contribution in [0.2, 0.25) is 0 Å².